The lowest BCUT2D eigenvalue weighted by atomic mass is 9.98. The summed E-state index contributed by atoms with van der Waals surface area (Å²) >= 11 is 0. The molecule has 1 fully saturated rings. The van der Waals surface area contributed by atoms with Gasteiger partial charge in [0.1, 0.15) is 5.82 Å². The van der Waals surface area contributed by atoms with Gasteiger partial charge in [0.25, 0.3) is 0 Å². The second-order valence-electron chi connectivity index (χ2n) is 3.86. The highest BCUT2D eigenvalue weighted by atomic mass is 35.5. The molecule has 1 aliphatic carbocycles. The Morgan fingerprint density at radius 2 is 2.07 bits per heavy atom. The summed E-state index contributed by atoms with van der Waals surface area (Å²) in [5, 5.41) is 0. The lowest BCUT2D eigenvalue weighted by Gasteiger charge is -2.13. The van der Waals surface area contributed by atoms with E-state index in [-0.39, 0.29) is 24.3 Å². The maximum Gasteiger partial charge on any atom is 0.123 e. The average Bonchev–Trinajstić information content (AvgIpc) is 2.85. The van der Waals surface area contributed by atoms with Crippen LogP contribution >= 0.6 is 12.4 Å². The zero-order valence-corrected chi connectivity index (χ0v) is 8.98. The maximum absolute atomic E-state index is 12.8. The van der Waals surface area contributed by atoms with E-state index in [9.17, 15) is 4.39 Å². The maximum atomic E-state index is 12.8. The van der Waals surface area contributed by atoms with E-state index >= 15 is 0 Å². The van der Waals surface area contributed by atoms with E-state index in [4.69, 9.17) is 5.73 Å². The first-order valence-corrected chi connectivity index (χ1v) is 4.70. The Hall–Kier alpha value is -0.600. The van der Waals surface area contributed by atoms with Gasteiger partial charge in [0.2, 0.25) is 0 Å². The van der Waals surface area contributed by atoms with Gasteiger partial charge < -0.3 is 5.73 Å². The van der Waals surface area contributed by atoms with Crippen molar-refractivity contribution in [2.75, 3.05) is 0 Å². The van der Waals surface area contributed by atoms with E-state index in [0.29, 0.717) is 5.92 Å². The van der Waals surface area contributed by atoms with Gasteiger partial charge in [-0.2, -0.15) is 0 Å². The standard InChI is InChI=1S/C11H14FN.ClH/c1-7-6-9(12)4-5-10(7)11(13)8-2-3-8;/h4-6,8,11H,2-3,13H2,1H3;1H/t11-;/m1./s1. The summed E-state index contributed by atoms with van der Waals surface area (Å²) < 4.78 is 12.8. The van der Waals surface area contributed by atoms with Gasteiger partial charge in [-0.25, -0.2) is 4.39 Å². The third-order valence-electron chi connectivity index (χ3n) is 2.72. The number of aryl methyl sites for hydroxylation is 1. The summed E-state index contributed by atoms with van der Waals surface area (Å²) in [5.41, 5.74) is 8.10. The van der Waals surface area contributed by atoms with Gasteiger partial charge in [-0.3, -0.25) is 0 Å². The van der Waals surface area contributed by atoms with Crippen molar-refractivity contribution in [1.82, 2.24) is 0 Å². The molecule has 0 heterocycles. The van der Waals surface area contributed by atoms with Crippen LogP contribution in [0.15, 0.2) is 18.2 Å². The molecule has 0 radical (unpaired) electrons. The molecule has 1 aliphatic rings. The molecule has 0 spiro atoms. The summed E-state index contributed by atoms with van der Waals surface area (Å²) in [5.74, 6) is 0.452. The highest BCUT2D eigenvalue weighted by Gasteiger charge is 2.30. The first-order valence-electron chi connectivity index (χ1n) is 4.70. The molecule has 1 aromatic rings. The molecule has 1 saturated carbocycles. The zero-order valence-electron chi connectivity index (χ0n) is 8.16. The van der Waals surface area contributed by atoms with E-state index in [0.717, 1.165) is 11.1 Å². The molecular formula is C11H15ClFN. The molecule has 0 aromatic heterocycles. The lowest BCUT2D eigenvalue weighted by molar-refractivity contribution is 0.609. The third-order valence-corrected chi connectivity index (χ3v) is 2.72. The van der Waals surface area contributed by atoms with Crippen molar-refractivity contribution in [2.24, 2.45) is 11.7 Å². The molecule has 2 N–H and O–H groups in total. The highest BCUT2D eigenvalue weighted by molar-refractivity contribution is 5.85. The van der Waals surface area contributed by atoms with Gasteiger partial charge in [-0.1, -0.05) is 6.07 Å². The highest BCUT2D eigenvalue weighted by Crippen LogP contribution is 2.40. The van der Waals surface area contributed by atoms with Gasteiger partial charge in [0.15, 0.2) is 0 Å². The minimum absolute atomic E-state index is 0. The van der Waals surface area contributed by atoms with Crippen LogP contribution in [0.4, 0.5) is 4.39 Å². The molecule has 14 heavy (non-hydrogen) atoms. The Morgan fingerprint density at radius 1 is 1.43 bits per heavy atom. The summed E-state index contributed by atoms with van der Waals surface area (Å²) in [7, 11) is 0. The summed E-state index contributed by atoms with van der Waals surface area (Å²) in [6, 6.07) is 4.97. The van der Waals surface area contributed by atoms with Gasteiger partial charge in [-0.05, 0) is 48.9 Å². The second-order valence-corrected chi connectivity index (χ2v) is 3.86. The van der Waals surface area contributed by atoms with Crippen LogP contribution in [0.25, 0.3) is 0 Å². The van der Waals surface area contributed by atoms with Crippen molar-refractivity contribution in [3.63, 3.8) is 0 Å². The fourth-order valence-corrected chi connectivity index (χ4v) is 1.72. The monoisotopic (exact) mass is 215 g/mol. The van der Waals surface area contributed by atoms with Crippen molar-refractivity contribution in [3.05, 3.63) is 35.1 Å². The van der Waals surface area contributed by atoms with Crippen molar-refractivity contribution >= 4 is 12.4 Å². The molecule has 3 heteroatoms. The number of hydrogen-bond acceptors (Lipinski definition) is 1. The number of halogens is 2. The zero-order chi connectivity index (χ0) is 9.42. The normalized spacial score (nSPS) is 17.4. The van der Waals surface area contributed by atoms with Gasteiger partial charge in [0, 0.05) is 6.04 Å². The summed E-state index contributed by atoms with van der Waals surface area (Å²) in [6.07, 6.45) is 2.44. The number of hydrogen-bond donors (Lipinski definition) is 1. The largest absolute Gasteiger partial charge is 0.324 e. The molecule has 0 saturated heterocycles. The van der Waals surface area contributed by atoms with Crippen LogP contribution in [0, 0.1) is 18.7 Å². The molecule has 0 bridgehead atoms. The molecule has 78 valence electrons. The topological polar surface area (TPSA) is 26.0 Å². The molecule has 0 unspecified atom stereocenters. The van der Waals surface area contributed by atoms with Gasteiger partial charge >= 0.3 is 0 Å². The van der Waals surface area contributed by atoms with E-state index in [1.165, 1.54) is 18.9 Å². The van der Waals surface area contributed by atoms with Gasteiger partial charge in [-0.15, -0.1) is 12.4 Å². The molecule has 1 aromatic carbocycles. The minimum atomic E-state index is -0.177. The summed E-state index contributed by atoms with van der Waals surface area (Å²) in [6.45, 7) is 1.92. The Bertz CT molecular complexity index is 323. The minimum Gasteiger partial charge on any atom is -0.324 e. The molecule has 2 rings (SSSR count). The molecule has 1 atom stereocenters. The Labute approximate surface area is 89.9 Å². The van der Waals surface area contributed by atoms with E-state index < -0.39 is 0 Å². The second kappa shape index (κ2) is 4.28. The molecular weight excluding hydrogens is 201 g/mol. The average molecular weight is 216 g/mol. The van der Waals surface area contributed by atoms with E-state index in [2.05, 4.69) is 0 Å². The van der Waals surface area contributed by atoms with Crippen LogP contribution in [0.1, 0.15) is 30.0 Å². The number of rotatable bonds is 2. The summed E-state index contributed by atoms with van der Waals surface area (Å²) in [4.78, 5) is 0. The van der Waals surface area contributed by atoms with Crippen LogP contribution in [0.3, 0.4) is 0 Å². The van der Waals surface area contributed by atoms with Crippen LogP contribution in [-0.2, 0) is 0 Å². The van der Waals surface area contributed by atoms with Crippen molar-refractivity contribution in [2.45, 2.75) is 25.8 Å². The molecule has 1 nitrogen and oxygen atoms in total. The quantitative estimate of drug-likeness (QED) is 0.807. The first-order chi connectivity index (χ1) is 6.18. The Kier molecular flexibility index (Phi) is 3.51. The first kappa shape index (κ1) is 11.5. The van der Waals surface area contributed by atoms with Crippen LogP contribution in [-0.4, -0.2) is 0 Å². The van der Waals surface area contributed by atoms with Crippen molar-refractivity contribution in [1.29, 1.82) is 0 Å². The number of benzene rings is 1. The third kappa shape index (κ3) is 2.25. The van der Waals surface area contributed by atoms with E-state index in [1.54, 1.807) is 6.07 Å². The predicted octanol–water partition coefficient (Wildman–Crippen LogP) is 2.97. The fraction of sp³-hybridized carbons (Fsp3) is 0.455. The fourth-order valence-electron chi connectivity index (χ4n) is 1.72. The Morgan fingerprint density at radius 3 is 2.57 bits per heavy atom. The smallest absolute Gasteiger partial charge is 0.123 e. The number of nitrogens with two attached hydrogens (primary N) is 1. The van der Waals surface area contributed by atoms with Gasteiger partial charge in [0.05, 0.1) is 0 Å². The lowest BCUT2D eigenvalue weighted by Crippen LogP contribution is -2.13. The van der Waals surface area contributed by atoms with Crippen molar-refractivity contribution < 1.29 is 4.39 Å². The van der Waals surface area contributed by atoms with Crippen LogP contribution in [0.5, 0.6) is 0 Å². The van der Waals surface area contributed by atoms with E-state index in [1.807, 2.05) is 13.0 Å². The Balaban J connectivity index is 0.000000980. The van der Waals surface area contributed by atoms with Crippen molar-refractivity contribution in [3.8, 4) is 0 Å². The SMILES string of the molecule is Cc1cc(F)ccc1[C@H](N)C1CC1.Cl. The van der Waals surface area contributed by atoms with Crippen LogP contribution < -0.4 is 5.73 Å². The predicted molar refractivity (Wildman–Crippen MR) is 58.0 cm³/mol. The molecule has 0 amide bonds. The van der Waals surface area contributed by atoms with Crippen LogP contribution in [0.2, 0.25) is 0 Å². The molecule has 0 aliphatic heterocycles.